The van der Waals surface area contributed by atoms with E-state index < -0.39 is 0 Å². The van der Waals surface area contributed by atoms with Crippen LogP contribution < -0.4 is 10.6 Å². The smallest absolute Gasteiger partial charge is 0.251 e. The number of nitrogens with one attached hydrogen (secondary N) is 2. The third kappa shape index (κ3) is 5.03. The third-order valence-corrected chi connectivity index (χ3v) is 5.21. The summed E-state index contributed by atoms with van der Waals surface area (Å²) in [4.78, 5) is 29.9. The molecule has 2 N–H and O–H groups in total. The molecule has 0 saturated carbocycles. The van der Waals surface area contributed by atoms with Crippen LogP contribution in [0, 0.1) is 13.8 Å². The van der Waals surface area contributed by atoms with Crippen molar-refractivity contribution >= 4 is 28.5 Å². The van der Waals surface area contributed by atoms with E-state index >= 15 is 0 Å². The third-order valence-electron chi connectivity index (χ3n) is 5.21. The first-order chi connectivity index (χ1) is 15.5. The highest BCUT2D eigenvalue weighted by Gasteiger charge is 2.14. The van der Waals surface area contributed by atoms with Crippen LogP contribution in [0.25, 0.3) is 11.0 Å². The fourth-order valence-electron chi connectivity index (χ4n) is 3.86. The summed E-state index contributed by atoms with van der Waals surface area (Å²) in [6, 6.07) is 22.8. The predicted octanol–water partition coefficient (Wildman–Crippen LogP) is 4.26. The Labute approximate surface area is 187 Å². The second-order valence-corrected chi connectivity index (χ2v) is 7.90. The van der Waals surface area contributed by atoms with Gasteiger partial charge in [0.15, 0.2) is 0 Å². The summed E-state index contributed by atoms with van der Waals surface area (Å²) < 4.78 is 1.92. The normalized spacial score (nSPS) is 10.8. The Kier molecular flexibility index (Phi) is 6.31. The van der Waals surface area contributed by atoms with Crippen LogP contribution in [0.1, 0.15) is 27.3 Å². The lowest BCUT2D eigenvalue weighted by Gasteiger charge is -2.12. The Hall–Kier alpha value is -3.93. The van der Waals surface area contributed by atoms with E-state index in [-0.39, 0.29) is 18.4 Å². The number of amides is 2. The molecular weight excluding hydrogens is 400 g/mol. The van der Waals surface area contributed by atoms with E-state index in [9.17, 15) is 9.59 Å². The maximum Gasteiger partial charge on any atom is 0.251 e. The van der Waals surface area contributed by atoms with Gasteiger partial charge in [0.1, 0.15) is 12.4 Å². The Morgan fingerprint density at radius 1 is 0.906 bits per heavy atom. The van der Waals surface area contributed by atoms with Crippen molar-refractivity contribution in [2.75, 3.05) is 11.9 Å². The number of aromatic nitrogens is 2. The predicted molar refractivity (Wildman–Crippen MR) is 127 cm³/mol. The van der Waals surface area contributed by atoms with E-state index in [1.54, 1.807) is 12.1 Å². The molecule has 0 aliphatic rings. The number of carbonyl (C=O) groups is 2. The second kappa shape index (κ2) is 9.47. The Morgan fingerprint density at radius 3 is 2.34 bits per heavy atom. The lowest BCUT2D eigenvalue weighted by molar-refractivity contribution is -0.116. The quantitative estimate of drug-likeness (QED) is 0.464. The second-order valence-electron chi connectivity index (χ2n) is 7.90. The van der Waals surface area contributed by atoms with E-state index in [0.717, 1.165) is 33.7 Å². The van der Waals surface area contributed by atoms with Gasteiger partial charge < -0.3 is 15.2 Å². The monoisotopic (exact) mass is 426 g/mol. The first-order valence-electron chi connectivity index (χ1n) is 10.6. The van der Waals surface area contributed by atoms with Gasteiger partial charge >= 0.3 is 0 Å². The summed E-state index contributed by atoms with van der Waals surface area (Å²) in [6.07, 6.45) is 0.518. The van der Waals surface area contributed by atoms with Gasteiger partial charge in [0.05, 0.1) is 11.0 Å². The first kappa shape index (κ1) is 21.3. The molecule has 162 valence electrons. The van der Waals surface area contributed by atoms with Gasteiger partial charge in [0, 0.05) is 24.2 Å². The zero-order chi connectivity index (χ0) is 22.5. The fourth-order valence-corrected chi connectivity index (χ4v) is 3.86. The number of rotatable bonds is 7. The first-order valence-corrected chi connectivity index (χ1v) is 10.6. The van der Waals surface area contributed by atoms with Crippen molar-refractivity contribution in [1.29, 1.82) is 0 Å². The zero-order valence-electron chi connectivity index (χ0n) is 18.3. The number of aryl methyl sites for hydroxylation is 2. The number of para-hydroxylation sites is 2. The van der Waals surface area contributed by atoms with Gasteiger partial charge in [-0.1, -0.05) is 36.4 Å². The molecule has 0 bridgehead atoms. The van der Waals surface area contributed by atoms with Crippen LogP contribution >= 0.6 is 0 Å². The summed E-state index contributed by atoms with van der Waals surface area (Å²) in [5, 5.41) is 5.92. The average Bonchev–Trinajstić information content (AvgIpc) is 3.10. The Morgan fingerprint density at radius 2 is 1.59 bits per heavy atom. The minimum Gasteiger partial charge on any atom is -0.352 e. The maximum absolute atomic E-state index is 12.8. The Bertz CT molecular complexity index is 1240. The van der Waals surface area contributed by atoms with Crippen molar-refractivity contribution in [3.05, 3.63) is 95.3 Å². The largest absolute Gasteiger partial charge is 0.352 e. The molecule has 0 unspecified atom stereocenters. The van der Waals surface area contributed by atoms with Crippen molar-refractivity contribution in [2.45, 2.75) is 26.8 Å². The van der Waals surface area contributed by atoms with Gasteiger partial charge in [-0.2, -0.15) is 0 Å². The van der Waals surface area contributed by atoms with Crippen LogP contribution in [0.5, 0.6) is 0 Å². The van der Waals surface area contributed by atoms with Gasteiger partial charge in [0.2, 0.25) is 5.91 Å². The summed E-state index contributed by atoms with van der Waals surface area (Å²) in [6.45, 7) is 4.59. The van der Waals surface area contributed by atoms with Gasteiger partial charge in [0.25, 0.3) is 5.91 Å². The lowest BCUT2D eigenvalue weighted by atomic mass is 10.1. The topological polar surface area (TPSA) is 76.0 Å². The number of imidazole rings is 1. The average molecular weight is 427 g/mol. The highest BCUT2D eigenvalue weighted by Crippen LogP contribution is 2.18. The van der Waals surface area contributed by atoms with Crippen LogP contribution in [0.3, 0.4) is 0 Å². The number of carbonyl (C=O) groups excluding carboxylic acids is 2. The number of anilines is 1. The molecule has 1 aromatic heterocycles. The molecule has 4 aromatic rings. The number of hydrogen-bond acceptors (Lipinski definition) is 3. The Balaban J connectivity index is 1.48. The molecule has 32 heavy (non-hydrogen) atoms. The van der Waals surface area contributed by atoms with Crippen molar-refractivity contribution in [2.24, 2.45) is 0 Å². The van der Waals surface area contributed by atoms with Crippen LogP contribution in [-0.2, 0) is 17.8 Å². The molecule has 0 radical (unpaired) electrons. The number of fused-ring (bicyclic) bond motifs is 1. The summed E-state index contributed by atoms with van der Waals surface area (Å²) >= 11 is 0. The molecular formula is C26H26N4O2. The van der Waals surface area contributed by atoms with Crippen LogP contribution in [0.15, 0.2) is 72.8 Å². The lowest BCUT2D eigenvalue weighted by Crippen LogP contribution is -2.27. The molecule has 2 amide bonds. The highest BCUT2D eigenvalue weighted by atomic mass is 16.2. The molecule has 0 aliphatic heterocycles. The van der Waals surface area contributed by atoms with E-state index in [1.807, 2.05) is 73.0 Å². The van der Waals surface area contributed by atoms with Gasteiger partial charge in [-0.05, 0) is 61.4 Å². The number of benzene rings is 3. The van der Waals surface area contributed by atoms with Crippen molar-refractivity contribution in [3.8, 4) is 0 Å². The SMILES string of the molecule is Cc1cc(C)cc(NC(=O)Cn2c(CCNC(=O)c3ccccc3)nc3ccccc32)c1. The van der Waals surface area contributed by atoms with E-state index in [0.29, 0.717) is 18.5 Å². The molecule has 1 heterocycles. The molecule has 0 spiro atoms. The van der Waals surface area contributed by atoms with E-state index in [1.165, 1.54) is 0 Å². The molecule has 0 atom stereocenters. The van der Waals surface area contributed by atoms with Crippen molar-refractivity contribution in [1.82, 2.24) is 14.9 Å². The molecule has 6 nitrogen and oxygen atoms in total. The maximum atomic E-state index is 12.8. The summed E-state index contributed by atoms with van der Waals surface area (Å²) in [5.41, 5.74) is 5.33. The minimum absolute atomic E-state index is 0.118. The van der Waals surface area contributed by atoms with E-state index in [4.69, 9.17) is 4.98 Å². The van der Waals surface area contributed by atoms with Crippen LogP contribution in [0.2, 0.25) is 0 Å². The van der Waals surface area contributed by atoms with Crippen LogP contribution in [-0.4, -0.2) is 27.9 Å². The van der Waals surface area contributed by atoms with Gasteiger partial charge in [-0.25, -0.2) is 4.98 Å². The summed E-state index contributed by atoms with van der Waals surface area (Å²) in [7, 11) is 0. The molecule has 0 aliphatic carbocycles. The molecule has 0 saturated heterocycles. The number of nitrogens with zero attached hydrogens (tertiary/aromatic N) is 2. The van der Waals surface area contributed by atoms with Crippen molar-refractivity contribution < 1.29 is 9.59 Å². The van der Waals surface area contributed by atoms with Gasteiger partial charge in [-0.15, -0.1) is 0 Å². The molecule has 6 heteroatoms. The minimum atomic E-state index is -0.124. The summed E-state index contributed by atoms with van der Waals surface area (Å²) in [5.74, 6) is 0.517. The van der Waals surface area contributed by atoms with E-state index in [2.05, 4.69) is 16.7 Å². The standard InChI is InChI=1S/C26H26N4O2/c1-18-14-19(2)16-21(15-18)28-25(31)17-30-23-11-7-6-10-22(23)29-24(30)12-13-27-26(32)20-8-4-3-5-9-20/h3-11,14-16H,12-13,17H2,1-2H3,(H,27,32)(H,28,31). The van der Waals surface area contributed by atoms with Crippen molar-refractivity contribution in [3.63, 3.8) is 0 Å². The van der Waals surface area contributed by atoms with Crippen LogP contribution in [0.4, 0.5) is 5.69 Å². The fraction of sp³-hybridized carbons (Fsp3) is 0.192. The zero-order valence-corrected chi connectivity index (χ0v) is 18.3. The number of hydrogen-bond donors (Lipinski definition) is 2. The molecule has 4 rings (SSSR count). The van der Waals surface area contributed by atoms with Gasteiger partial charge in [-0.3, -0.25) is 9.59 Å². The molecule has 3 aromatic carbocycles. The highest BCUT2D eigenvalue weighted by molar-refractivity contribution is 5.94. The molecule has 0 fully saturated rings.